The summed E-state index contributed by atoms with van der Waals surface area (Å²) in [7, 11) is -0.956. The van der Waals surface area contributed by atoms with Crippen LogP contribution in [0.5, 0.6) is 0 Å². The van der Waals surface area contributed by atoms with Gasteiger partial charge in [0, 0.05) is 17.7 Å². The Bertz CT molecular complexity index is 1550. The number of aliphatic imine (C=N–C) groups is 1. The minimum atomic E-state index is -0.956. The average molecular weight is 515 g/mol. The molecule has 2 aliphatic rings. The maximum absolute atomic E-state index is 14.6. The Labute approximate surface area is 217 Å². The van der Waals surface area contributed by atoms with Gasteiger partial charge in [0.2, 0.25) is 0 Å². The molecule has 4 aromatic rings. The molecule has 4 heterocycles. The lowest BCUT2D eigenvalue weighted by Crippen LogP contribution is -2.29. The van der Waals surface area contributed by atoms with Crippen molar-refractivity contribution in [3.05, 3.63) is 77.5 Å². The predicted octanol–water partition coefficient (Wildman–Crippen LogP) is 3.80. The minimum absolute atomic E-state index is 0.314. The lowest BCUT2D eigenvalue weighted by atomic mass is 9.79. The smallest absolute Gasteiger partial charge is 0.423 e. The van der Waals surface area contributed by atoms with Crippen LogP contribution in [0.1, 0.15) is 36.9 Å². The van der Waals surface area contributed by atoms with Crippen LogP contribution in [0.15, 0.2) is 59.7 Å². The molecule has 2 aromatic heterocycles. The van der Waals surface area contributed by atoms with Crippen molar-refractivity contribution < 1.29 is 18.5 Å². The highest BCUT2D eigenvalue weighted by Crippen LogP contribution is 2.36. The highest BCUT2D eigenvalue weighted by atomic mass is 19.1. The van der Waals surface area contributed by atoms with E-state index in [9.17, 15) is 13.8 Å². The molecule has 9 nitrogen and oxygen atoms in total. The Morgan fingerprint density at radius 1 is 1.21 bits per heavy atom. The SMILES string of the molecule is C/C=C\C(=N/c1[nH]ncc1-c1nnc(-c2ccc3c(c2)B(O)OC3)[nH]1)N1CCC[C@@H]1c1cc(F)ccc1F. The summed E-state index contributed by atoms with van der Waals surface area (Å²) in [5, 5.41) is 25.7. The van der Waals surface area contributed by atoms with E-state index in [-0.39, 0.29) is 6.04 Å². The lowest BCUT2D eigenvalue weighted by molar-refractivity contribution is 0.275. The highest BCUT2D eigenvalue weighted by molar-refractivity contribution is 6.61. The molecule has 3 N–H and O–H groups in total. The van der Waals surface area contributed by atoms with Crippen molar-refractivity contribution in [2.45, 2.75) is 32.4 Å². The number of nitrogens with zero attached hydrogens (tertiary/aromatic N) is 5. The van der Waals surface area contributed by atoms with E-state index in [2.05, 4.69) is 25.4 Å². The summed E-state index contributed by atoms with van der Waals surface area (Å²) in [6, 6.07) is 8.82. The number of hydrogen-bond acceptors (Lipinski definition) is 6. The number of allylic oxidation sites excluding steroid dienone is 1. The standard InChI is InChI=1S/C26H24BF2N7O2/c1-2-4-23(36-10-3-5-22(36)18-12-17(28)8-9-21(18)29)31-25-19(13-30-33-25)26-32-24(34-35-26)15-6-7-16-14-38-27(37)20(16)11-15/h2,4,6-9,11-13,22,37H,3,5,10,14H2,1H3,(H,30,33)(H,32,34,35)/b4-2-,31-23+/t22-/m1/s1. The Morgan fingerprint density at radius 3 is 2.95 bits per heavy atom. The van der Waals surface area contributed by atoms with E-state index in [1.165, 1.54) is 6.07 Å². The van der Waals surface area contributed by atoms with Gasteiger partial charge in [-0.3, -0.25) is 5.10 Å². The van der Waals surface area contributed by atoms with Crippen molar-refractivity contribution in [1.29, 1.82) is 0 Å². The summed E-state index contributed by atoms with van der Waals surface area (Å²) >= 11 is 0. The summed E-state index contributed by atoms with van der Waals surface area (Å²) in [5.74, 6) is 1.11. The number of halogens is 2. The summed E-state index contributed by atoms with van der Waals surface area (Å²) in [5.41, 5.74) is 3.31. The zero-order valence-electron chi connectivity index (χ0n) is 20.5. The zero-order chi connectivity index (χ0) is 26.2. The summed E-state index contributed by atoms with van der Waals surface area (Å²) in [6.45, 7) is 2.89. The van der Waals surface area contributed by atoms with Crippen LogP contribution in [0.3, 0.4) is 0 Å². The topological polar surface area (TPSA) is 115 Å². The molecule has 192 valence electrons. The molecule has 1 atom stereocenters. The van der Waals surface area contributed by atoms with E-state index in [0.717, 1.165) is 29.7 Å². The van der Waals surface area contributed by atoms with Gasteiger partial charge in [-0.1, -0.05) is 24.3 Å². The fourth-order valence-corrected chi connectivity index (χ4v) is 5.01. The first-order valence-electron chi connectivity index (χ1n) is 12.3. The van der Waals surface area contributed by atoms with E-state index < -0.39 is 18.8 Å². The highest BCUT2D eigenvalue weighted by Gasteiger charge is 2.31. The summed E-state index contributed by atoms with van der Waals surface area (Å²) in [6.07, 6.45) is 6.79. The molecule has 0 aliphatic carbocycles. The number of aromatic nitrogens is 5. The Balaban J connectivity index is 1.32. The Morgan fingerprint density at radius 2 is 2.08 bits per heavy atom. The van der Waals surface area contributed by atoms with Gasteiger partial charge in [0.05, 0.1) is 24.4 Å². The molecule has 0 radical (unpaired) electrons. The van der Waals surface area contributed by atoms with Crippen LogP contribution in [0.4, 0.5) is 14.6 Å². The number of hydrogen-bond donors (Lipinski definition) is 3. The quantitative estimate of drug-likeness (QED) is 0.212. The molecule has 0 spiro atoms. The zero-order valence-corrected chi connectivity index (χ0v) is 20.5. The lowest BCUT2D eigenvalue weighted by Gasteiger charge is -2.27. The van der Waals surface area contributed by atoms with Gasteiger partial charge in [-0.2, -0.15) is 5.10 Å². The van der Waals surface area contributed by atoms with E-state index in [4.69, 9.17) is 9.65 Å². The van der Waals surface area contributed by atoms with E-state index >= 15 is 0 Å². The van der Waals surface area contributed by atoms with Gasteiger partial charge in [0.1, 0.15) is 17.5 Å². The van der Waals surface area contributed by atoms with Crippen molar-refractivity contribution in [3.8, 4) is 22.8 Å². The van der Waals surface area contributed by atoms with Crippen LogP contribution in [-0.2, 0) is 11.3 Å². The summed E-state index contributed by atoms with van der Waals surface area (Å²) in [4.78, 5) is 10.0. The Kier molecular flexibility index (Phi) is 6.34. The van der Waals surface area contributed by atoms with Gasteiger partial charge in [0.25, 0.3) is 0 Å². The second-order valence-electron chi connectivity index (χ2n) is 9.22. The first-order valence-corrected chi connectivity index (χ1v) is 12.3. The second-order valence-corrected chi connectivity index (χ2v) is 9.22. The number of rotatable bonds is 5. The van der Waals surface area contributed by atoms with Gasteiger partial charge < -0.3 is 19.6 Å². The largest absolute Gasteiger partial charge is 0.491 e. The van der Waals surface area contributed by atoms with E-state index in [1.54, 1.807) is 6.20 Å². The number of nitrogens with one attached hydrogen (secondary N) is 2. The fraction of sp³-hybridized carbons (Fsp3) is 0.231. The third-order valence-electron chi connectivity index (χ3n) is 6.85. The molecular formula is C26H24BF2N7O2. The van der Waals surface area contributed by atoms with Gasteiger partial charge >= 0.3 is 7.12 Å². The average Bonchev–Trinajstić information content (AvgIpc) is 3.72. The van der Waals surface area contributed by atoms with E-state index in [0.29, 0.717) is 59.5 Å². The molecule has 1 saturated heterocycles. The summed E-state index contributed by atoms with van der Waals surface area (Å²) < 4.78 is 33.9. The fourth-order valence-electron chi connectivity index (χ4n) is 5.01. The van der Waals surface area contributed by atoms with Crippen LogP contribution in [-0.4, -0.2) is 54.8 Å². The van der Waals surface area contributed by atoms with Gasteiger partial charge in [-0.15, -0.1) is 10.2 Å². The maximum Gasteiger partial charge on any atom is 0.491 e. The van der Waals surface area contributed by atoms with Crippen molar-refractivity contribution in [3.63, 3.8) is 0 Å². The van der Waals surface area contributed by atoms with Crippen LogP contribution in [0.25, 0.3) is 22.8 Å². The van der Waals surface area contributed by atoms with Crippen molar-refractivity contribution in [2.24, 2.45) is 4.99 Å². The molecule has 0 saturated carbocycles. The minimum Gasteiger partial charge on any atom is -0.423 e. The monoisotopic (exact) mass is 515 g/mol. The molecular weight excluding hydrogens is 491 g/mol. The predicted molar refractivity (Wildman–Crippen MR) is 139 cm³/mol. The number of amidine groups is 1. The van der Waals surface area contributed by atoms with Crippen LogP contribution in [0, 0.1) is 11.6 Å². The van der Waals surface area contributed by atoms with Gasteiger partial charge in [-0.25, -0.2) is 13.8 Å². The normalized spacial score (nSPS) is 17.7. The first-order chi connectivity index (χ1) is 18.5. The number of H-pyrrole nitrogens is 2. The van der Waals surface area contributed by atoms with Gasteiger partial charge in [0.15, 0.2) is 17.5 Å². The third-order valence-corrected chi connectivity index (χ3v) is 6.85. The number of aromatic amines is 2. The molecule has 1 fully saturated rings. The molecule has 2 aromatic carbocycles. The Hall–Kier alpha value is -4.16. The van der Waals surface area contributed by atoms with Crippen molar-refractivity contribution in [1.82, 2.24) is 30.3 Å². The van der Waals surface area contributed by atoms with Crippen LogP contribution >= 0.6 is 0 Å². The molecule has 12 heteroatoms. The number of fused-ring (bicyclic) bond motifs is 1. The second kappa shape index (κ2) is 9.95. The van der Waals surface area contributed by atoms with Gasteiger partial charge in [-0.05, 0) is 55.1 Å². The molecule has 0 unspecified atom stereocenters. The van der Waals surface area contributed by atoms with Crippen molar-refractivity contribution in [2.75, 3.05) is 6.54 Å². The van der Waals surface area contributed by atoms with Crippen LogP contribution in [0.2, 0.25) is 0 Å². The molecule has 0 bridgehead atoms. The molecule has 38 heavy (non-hydrogen) atoms. The van der Waals surface area contributed by atoms with E-state index in [1.807, 2.05) is 42.2 Å². The molecule has 0 amide bonds. The maximum atomic E-state index is 14.6. The number of likely N-dealkylation sites (tertiary alicyclic amines) is 1. The van der Waals surface area contributed by atoms with Crippen molar-refractivity contribution >= 4 is 24.2 Å². The van der Waals surface area contributed by atoms with Crippen LogP contribution < -0.4 is 5.46 Å². The number of benzene rings is 2. The molecule has 6 rings (SSSR count). The third kappa shape index (κ3) is 4.41. The first kappa shape index (κ1) is 24.2. The molecule has 2 aliphatic heterocycles.